The van der Waals surface area contributed by atoms with Crippen LogP contribution in [0.25, 0.3) is 0 Å². The molecule has 35 heavy (non-hydrogen) atoms. The van der Waals surface area contributed by atoms with Crippen molar-refractivity contribution in [2.75, 3.05) is 29.9 Å². The molecule has 6 rings (SSSR count). The average Bonchev–Trinajstić information content (AvgIpc) is 3.52. The molecule has 0 radical (unpaired) electrons. The van der Waals surface area contributed by atoms with E-state index >= 15 is 0 Å². The summed E-state index contributed by atoms with van der Waals surface area (Å²) < 4.78 is 0. The molecule has 1 aromatic carbocycles. The summed E-state index contributed by atoms with van der Waals surface area (Å²) in [4.78, 5) is 27.0. The highest BCUT2D eigenvalue weighted by Gasteiger charge is 2.47. The van der Waals surface area contributed by atoms with E-state index in [0.29, 0.717) is 24.5 Å². The van der Waals surface area contributed by atoms with Crippen LogP contribution in [0.4, 0.5) is 11.4 Å². The van der Waals surface area contributed by atoms with Gasteiger partial charge in [-0.2, -0.15) is 0 Å². The molecule has 3 aliphatic heterocycles. The molecule has 7 nitrogen and oxygen atoms in total. The highest BCUT2D eigenvalue weighted by Crippen LogP contribution is 2.48. The molecule has 3 unspecified atom stereocenters. The number of piperidine rings is 1. The number of rotatable bonds is 6. The molecule has 2 aliphatic carbocycles. The van der Waals surface area contributed by atoms with Gasteiger partial charge in [0.05, 0.1) is 5.92 Å². The summed E-state index contributed by atoms with van der Waals surface area (Å²) in [6, 6.07) is 8.84. The fourth-order valence-electron chi connectivity index (χ4n) is 7.01. The van der Waals surface area contributed by atoms with Gasteiger partial charge in [-0.05, 0) is 93.0 Å². The summed E-state index contributed by atoms with van der Waals surface area (Å²) in [7, 11) is 0. The highest BCUT2D eigenvalue weighted by atomic mass is 16.3. The number of nitrogens with zero attached hydrogens (tertiary/aromatic N) is 4. The van der Waals surface area contributed by atoms with E-state index in [1.54, 1.807) is 6.08 Å². The summed E-state index contributed by atoms with van der Waals surface area (Å²) in [5.41, 5.74) is 2.21. The van der Waals surface area contributed by atoms with Crippen LogP contribution in [0, 0.1) is 23.7 Å². The topological polar surface area (TPSA) is 80.5 Å². The van der Waals surface area contributed by atoms with Gasteiger partial charge in [0.25, 0.3) is 0 Å². The number of benzene rings is 1. The van der Waals surface area contributed by atoms with Crippen molar-refractivity contribution in [1.82, 2.24) is 4.90 Å². The first kappa shape index (κ1) is 22.8. The summed E-state index contributed by atoms with van der Waals surface area (Å²) in [6.45, 7) is 2.45. The lowest BCUT2D eigenvalue weighted by atomic mass is 9.90. The monoisotopic (exact) mass is 475 g/mol. The van der Waals surface area contributed by atoms with E-state index in [0.717, 1.165) is 49.9 Å². The summed E-state index contributed by atoms with van der Waals surface area (Å²) in [5, 5.41) is 12.5. The Kier molecular flexibility index (Phi) is 6.35. The summed E-state index contributed by atoms with van der Waals surface area (Å²) >= 11 is 0. The van der Waals surface area contributed by atoms with Gasteiger partial charge in [-0.3, -0.25) is 4.79 Å². The molecule has 5 aliphatic rings. The molecule has 1 saturated heterocycles. The Labute approximate surface area is 208 Å². The van der Waals surface area contributed by atoms with Crippen LogP contribution in [0.1, 0.15) is 51.4 Å². The normalized spacial score (nSPS) is 32.2. The van der Waals surface area contributed by atoms with Crippen molar-refractivity contribution in [3.05, 3.63) is 36.4 Å². The van der Waals surface area contributed by atoms with Gasteiger partial charge >= 0.3 is 0 Å². The predicted octanol–water partition coefficient (Wildman–Crippen LogP) is 4.06. The van der Waals surface area contributed by atoms with Crippen molar-refractivity contribution < 1.29 is 9.90 Å². The van der Waals surface area contributed by atoms with Gasteiger partial charge in [0.1, 0.15) is 6.17 Å². The Hall–Kier alpha value is -2.67. The van der Waals surface area contributed by atoms with Crippen LogP contribution < -0.4 is 10.2 Å². The molecular weight excluding hydrogens is 438 g/mol. The number of aliphatic hydroxyl groups excluding tert-OH is 1. The number of carbonyl (C=O) groups excluding carboxylic acids is 1. The van der Waals surface area contributed by atoms with Crippen molar-refractivity contribution in [2.24, 2.45) is 33.7 Å². The van der Waals surface area contributed by atoms with Gasteiger partial charge in [0.2, 0.25) is 11.9 Å². The number of hydrogen-bond acceptors (Lipinski definition) is 6. The number of anilines is 2. The molecule has 7 heteroatoms. The van der Waals surface area contributed by atoms with E-state index in [4.69, 9.17) is 10.1 Å². The third kappa shape index (κ3) is 4.63. The number of aliphatic hydroxyl groups is 1. The lowest BCUT2D eigenvalue weighted by molar-refractivity contribution is -0.133. The van der Waals surface area contributed by atoms with Crippen molar-refractivity contribution in [3.63, 3.8) is 0 Å². The largest absolute Gasteiger partial charge is 0.396 e. The van der Waals surface area contributed by atoms with Crippen molar-refractivity contribution >= 4 is 29.5 Å². The minimum absolute atomic E-state index is 0.0556. The second-order valence-corrected chi connectivity index (χ2v) is 11.0. The molecule has 2 bridgehead atoms. The molecule has 2 N–H and O–H groups in total. The van der Waals surface area contributed by atoms with E-state index in [9.17, 15) is 4.79 Å². The van der Waals surface area contributed by atoms with Gasteiger partial charge in [0, 0.05) is 43.3 Å². The molecule has 186 valence electrons. The Morgan fingerprint density at radius 1 is 1.06 bits per heavy atom. The molecule has 0 aromatic heterocycles. The molecule has 2 saturated carbocycles. The zero-order chi connectivity index (χ0) is 23.8. The maximum Gasteiger partial charge on any atom is 0.248 e. The van der Waals surface area contributed by atoms with Crippen LogP contribution in [-0.4, -0.2) is 60.0 Å². The number of aliphatic imine (C=N–C) groups is 2. The number of carbonyl (C=O) groups is 1. The number of amides is 1. The SMILES string of the molecule is O=C1C=CC2C=NC(Nc3ccc(N4CCC(CCCO)CC4)cc3)=NC2N1C1C[C@H]2CC[C@@H]1C2. The van der Waals surface area contributed by atoms with Crippen LogP contribution in [0.2, 0.25) is 0 Å². The van der Waals surface area contributed by atoms with Crippen LogP contribution in [0.15, 0.2) is 46.4 Å². The maximum atomic E-state index is 12.9. The summed E-state index contributed by atoms with van der Waals surface area (Å²) in [5.74, 6) is 2.90. The van der Waals surface area contributed by atoms with Crippen molar-refractivity contribution in [1.29, 1.82) is 0 Å². The van der Waals surface area contributed by atoms with Crippen LogP contribution in [0.5, 0.6) is 0 Å². The van der Waals surface area contributed by atoms with Gasteiger partial charge in [-0.25, -0.2) is 9.98 Å². The van der Waals surface area contributed by atoms with E-state index in [-0.39, 0.29) is 18.0 Å². The molecule has 3 heterocycles. The standard InChI is InChI=1S/C28H37N5O2/c34-15-1-2-19-11-13-32(14-12-19)24-8-6-23(7-9-24)30-28-29-18-22-5-10-26(35)33(27(22)31-28)25-17-20-3-4-21(25)16-20/h5-10,18-22,25,27,34H,1-4,11-17H2,(H,30,31)/t20-,21+,22?,25?,27?/m0/s1. The van der Waals surface area contributed by atoms with Crippen molar-refractivity contribution in [3.8, 4) is 0 Å². The van der Waals surface area contributed by atoms with Crippen molar-refractivity contribution in [2.45, 2.75) is 63.6 Å². The van der Waals surface area contributed by atoms with E-state index in [2.05, 4.69) is 44.4 Å². The van der Waals surface area contributed by atoms with Crippen LogP contribution in [0.3, 0.4) is 0 Å². The van der Waals surface area contributed by atoms with E-state index < -0.39 is 0 Å². The maximum absolute atomic E-state index is 12.9. The molecule has 3 fully saturated rings. The lowest BCUT2D eigenvalue weighted by Gasteiger charge is -2.42. The second-order valence-electron chi connectivity index (χ2n) is 11.0. The average molecular weight is 476 g/mol. The molecule has 5 atom stereocenters. The quantitative estimate of drug-likeness (QED) is 0.650. The predicted molar refractivity (Wildman–Crippen MR) is 140 cm³/mol. The molecule has 0 spiro atoms. The van der Waals surface area contributed by atoms with E-state index in [1.165, 1.54) is 37.8 Å². The zero-order valence-electron chi connectivity index (χ0n) is 20.4. The number of hydrogen-bond donors (Lipinski definition) is 2. The molecule has 1 aromatic rings. The first-order chi connectivity index (χ1) is 17.2. The number of fused-ring (bicyclic) bond motifs is 3. The zero-order valence-corrected chi connectivity index (χ0v) is 20.4. The smallest absolute Gasteiger partial charge is 0.248 e. The molecule has 1 amide bonds. The first-order valence-corrected chi connectivity index (χ1v) is 13.5. The third-order valence-corrected chi connectivity index (χ3v) is 8.90. The minimum atomic E-state index is -0.191. The number of nitrogens with one attached hydrogen (secondary N) is 1. The Morgan fingerprint density at radius 2 is 1.89 bits per heavy atom. The fourth-order valence-corrected chi connectivity index (χ4v) is 7.01. The number of guanidine groups is 1. The fraction of sp³-hybridized carbons (Fsp3) is 0.607. The van der Waals surface area contributed by atoms with Gasteiger partial charge < -0.3 is 20.2 Å². The molecular formula is C28H37N5O2. The Morgan fingerprint density at radius 3 is 2.60 bits per heavy atom. The third-order valence-electron chi connectivity index (χ3n) is 8.90. The van der Waals surface area contributed by atoms with E-state index in [1.807, 2.05) is 12.3 Å². The van der Waals surface area contributed by atoms with Crippen LogP contribution >= 0.6 is 0 Å². The Balaban J connectivity index is 1.11. The second kappa shape index (κ2) is 9.76. The Bertz CT molecular complexity index is 1010. The van der Waals surface area contributed by atoms with Gasteiger partial charge in [0.15, 0.2) is 0 Å². The van der Waals surface area contributed by atoms with Crippen LogP contribution in [-0.2, 0) is 4.79 Å². The first-order valence-electron chi connectivity index (χ1n) is 13.5. The lowest BCUT2D eigenvalue weighted by Crippen LogP contribution is -2.54. The van der Waals surface area contributed by atoms with Gasteiger partial charge in [-0.1, -0.05) is 12.5 Å². The van der Waals surface area contributed by atoms with Gasteiger partial charge in [-0.15, -0.1) is 0 Å². The minimum Gasteiger partial charge on any atom is -0.396 e. The summed E-state index contributed by atoms with van der Waals surface area (Å²) in [6.07, 6.45) is 14.8. The highest BCUT2D eigenvalue weighted by molar-refractivity contribution is 6.01.